The molecule has 1 fully saturated rings. The highest BCUT2D eigenvalue weighted by Gasteiger charge is 2.22. The zero-order valence-corrected chi connectivity index (χ0v) is 14.9. The molecule has 2 aliphatic heterocycles. The largest absolute Gasteiger partial charge is 0.488 e. The second-order valence-electron chi connectivity index (χ2n) is 6.97. The van der Waals surface area contributed by atoms with Gasteiger partial charge in [0.25, 0.3) is 0 Å². The Morgan fingerprint density at radius 3 is 2.79 bits per heavy atom. The van der Waals surface area contributed by atoms with E-state index in [2.05, 4.69) is 39.7 Å². The van der Waals surface area contributed by atoms with Crippen LogP contribution < -0.4 is 15.4 Å². The molecule has 1 saturated heterocycles. The van der Waals surface area contributed by atoms with E-state index >= 15 is 0 Å². The predicted octanol–water partition coefficient (Wildman–Crippen LogP) is 1.89. The number of hydrogen-bond acceptors (Lipinski definition) is 3. The van der Waals surface area contributed by atoms with Crippen molar-refractivity contribution >= 4 is 5.96 Å². The van der Waals surface area contributed by atoms with Gasteiger partial charge in [-0.25, -0.2) is 0 Å². The molecule has 0 saturated carbocycles. The van der Waals surface area contributed by atoms with Gasteiger partial charge in [0.05, 0.1) is 6.54 Å². The van der Waals surface area contributed by atoms with Crippen molar-refractivity contribution in [2.24, 2.45) is 10.9 Å². The molecule has 2 aliphatic rings. The average Bonchev–Trinajstić information content (AvgIpc) is 3.02. The highest BCUT2D eigenvalue weighted by atomic mass is 16.5. The summed E-state index contributed by atoms with van der Waals surface area (Å²) in [5.74, 6) is 2.75. The van der Waals surface area contributed by atoms with E-state index in [9.17, 15) is 0 Å². The average molecular weight is 330 g/mol. The van der Waals surface area contributed by atoms with Gasteiger partial charge in [-0.1, -0.05) is 18.2 Å². The van der Waals surface area contributed by atoms with Gasteiger partial charge in [0.15, 0.2) is 5.96 Å². The Labute approximate surface area is 145 Å². The van der Waals surface area contributed by atoms with E-state index in [1.54, 1.807) is 0 Å². The van der Waals surface area contributed by atoms with Crippen molar-refractivity contribution in [1.29, 1.82) is 0 Å². The predicted molar refractivity (Wildman–Crippen MR) is 98.8 cm³/mol. The first kappa shape index (κ1) is 17.1. The van der Waals surface area contributed by atoms with Crippen molar-refractivity contribution < 1.29 is 4.74 Å². The van der Waals surface area contributed by atoms with Crippen LogP contribution in [-0.4, -0.2) is 57.2 Å². The standard InChI is InChI=1S/C19H30N4O/c1-20-19(21-10-7-15-8-11-23(2)12-9-15)22-14-17-13-16-5-3-4-6-18(16)24-17/h3-6,15,17H,7-14H2,1-2H3,(H2,20,21,22). The molecule has 5 nitrogen and oxygen atoms in total. The Morgan fingerprint density at radius 1 is 1.25 bits per heavy atom. The number of para-hydroxylation sites is 1. The number of rotatable bonds is 5. The molecule has 0 aromatic heterocycles. The van der Waals surface area contributed by atoms with Crippen LogP contribution in [0.2, 0.25) is 0 Å². The van der Waals surface area contributed by atoms with Crippen LogP contribution in [-0.2, 0) is 6.42 Å². The highest BCUT2D eigenvalue weighted by Crippen LogP contribution is 2.27. The first-order chi connectivity index (χ1) is 11.7. The Kier molecular flexibility index (Phi) is 5.96. The second kappa shape index (κ2) is 8.38. The van der Waals surface area contributed by atoms with Crippen LogP contribution in [0, 0.1) is 5.92 Å². The summed E-state index contributed by atoms with van der Waals surface area (Å²) in [4.78, 5) is 6.74. The second-order valence-corrected chi connectivity index (χ2v) is 6.97. The number of ether oxygens (including phenoxy) is 1. The van der Waals surface area contributed by atoms with Crippen molar-refractivity contribution in [3.8, 4) is 5.75 Å². The molecule has 1 aromatic rings. The maximum absolute atomic E-state index is 5.96. The maximum atomic E-state index is 5.96. The van der Waals surface area contributed by atoms with Crippen LogP contribution in [0.3, 0.4) is 0 Å². The number of benzene rings is 1. The molecule has 5 heteroatoms. The summed E-state index contributed by atoms with van der Waals surface area (Å²) < 4.78 is 5.96. The first-order valence-corrected chi connectivity index (χ1v) is 9.12. The molecule has 24 heavy (non-hydrogen) atoms. The number of hydrogen-bond donors (Lipinski definition) is 2. The van der Waals surface area contributed by atoms with Crippen LogP contribution >= 0.6 is 0 Å². The number of nitrogens with zero attached hydrogens (tertiary/aromatic N) is 2. The van der Waals surface area contributed by atoms with Gasteiger partial charge in [-0.15, -0.1) is 0 Å². The lowest BCUT2D eigenvalue weighted by Crippen LogP contribution is -2.43. The molecule has 1 atom stereocenters. The van der Waals surface area contributed by atoms with E-state index in [1.807, 2.05) is 19.2 Å². The Balaban J connectivity index is 1.34. The van der Waals surface area contributed by atoms with E-state index in [0.29, 0.717) is 0 Å². The fourth-order valence-corrected chi connectivity index (χ4v) is 3.54. The lowest BCUT2D eigenvalue weighted by molar-refractivity contribution is 0.213. The van der Waals surface area contributed by atoms with Crippen molar-refractivity contribution in [1.82, 2.24) is 15.5 Å². The molecule has 0 radical (unpaired) electrons. The Hall–Kier alpha value is -1.75. The lowest BCUT2D eigenvalue weighted by atomic mass is 9.94. The van der Waals surface area contributed by atoms with Gasteiger partial charge in [0.1, 0.15) is 11.9 Å². The van der Waals surface area contributed by atoms with Crippen LogP contribution in [0.5, 0.6) is 5.75 Å². The zero-order valence-electron chi connectivity index (χ0n) is 14.9. The Bertz CT molecular complexity index is 527. The summed E-state index contributed by atoms with van der Waals surface area (Å²) in [6.07, 6.45) is 5.02. The van der Waals surface area contributed by atoms with Gasteiger partial charge in [0, 0.05) is 20.0 Å². The smallest absolute Gasteiger partial charge is 0.191 e. The number of nitrogens with one attached hydrogen (secondary N) is 2. The van der Waals surface area contributed by atoms with Gasteiger partial charge < -0.3 is 20.3 Å². The molecule has 1 unspecified atom stereocenters. The van der Waals surface area contributed by atoms with Gasteiger partial charge >= 0.3 is 0 Å². The minimum absolute atomic E-state index is 0.190. The SMILES string of the molecule is CN=C(NCCC1CCN(C)CC1)NCC1Cc2ccccc2O1. The molecular weight excluding hydrogens is 300 g/mol. The summed E-state index contributed by atoms with van der Waals surface area (Å²) in [6, 6.07) is 8.29. The molecule has 2 heterocycles. The monoisotopic (exact) mass is 330 g/mol. The molecular formula is C19H30N4O. The van der Waals surface area contributed by atoms with Gasteiger partial charge in [-0.2, -0.15) is 0 Å². The van der Waals surface area contributed by atoms with Crippen molar-refractivity contribution in [2.75, 3.05) is 40.3 Å². The molecule has 132 valence electrons. The van der Waals surface area contributed by atoms with Gasteiger partial charge in [-0.3, -0.25) is 4.99 Å². The minimum Gasteiger partial charge on any atom is -0.488 e. The van der Waals surface area contributed by atoms with E-state index in [1.165, 1.54) is 37.9 Å². The quantitative estimate of drug-likeness (QED) is 0.639. The zero-order chi connectivity index (χ0) is 16.8. The van der Waals surface area contributed by atoms with E-state index in [-0.39, 0.29) is 6.10 Å². The lowest BCUT2D eigenvalue weighted by Gasteiger charge is -2.29. The molecule has 3 rings (SSSR count). The molecule has 0 amide bonds. The third-order valence-electron chi connectivity index (χ3n) is 5.12. The van der Waals surface area contributed by atoms with E-state index in [0.717, 1.165) is 37.1 Å². The van der Waals surface area contributed by atoms with Crippen molar-refractivity contribution in [2.45, 2.75) is 31.8 Å². The molecule has 1 aromatic carbocycles. The summed E-state index contributed by atoms with van der Waals surface area (Å²) in [5, 5.41) is 6.84. The topological polar surface area (TPSA) is 48.9 Å². The summed E-state index contributed by atoms with van der Waals surface area (Å²) in [7, 11) is 4.04. The van der Waals surface area contributed by atoms with Crippen molar-refractivity contribution in [3.63, 3.8) is 0 Å². The normalized spacial score (nSPS) is 22.1. The Morgan fingerprint density at radius 2 is 2.04 bits per heavy atom. The van der Waals surface area contributed by atoms with Crippen molar-refractivity contribution in [3.05, 3.63) is 29.8 Å². The number of piperidine rings is 1. The van der Waals surface area contributed by atoms with Crippen LogP contribution in [0.25, 0.3) is 0 Å². The summed E-state index contributed by atoms with van der Waals surface area (Å²) in [6.45, 7) is 4.23. The van der Waals surface area contributed by atoms with Crippen LogP contribution in [0.15, 0.2) is 29.3 Å². The number of aliphatic imine (C=N–C) groups is 1. The fourth-order valence-electron chi connectivity index (χ4n) is 3.54. The van der Waals surface area contributed by atoms with E-state index in [4.69, 9.17) is 4.74 Å². The maximum Gasteiger partial charge on any atom is 0.191 e. The van der Waals surface area contributed by atoms with E-state index < -0.39 is 0 Å². The summed E-state index contributed by atoms with van der Waals surface area (Å²) in [5.41, 5.74) is 1.30. The molecule has 2 N–H and O–H groups in total. The third-order valence-corrected chi connectivity index (χ3v) is 5.12. The number of fused-ring (bicyclic) bond motifs is 1. The van der Waals surface area contributed by atoms with Gasteiger partial charge in [-0.05, 0) is 56.9 Å². The van der Waals surface area contributed by atoms with Crippen LogP contribution in [0.1, 0.15) is 24.8 Å². The highest BCUT2D eigenvalue weighted by molar-refractivity contribution is 5.79. The first-order valence-electron chi connectivity index (χ1n) is 9.12. The molecule has 0 spiro atoms. The molecule has 0 bridgehead atoms. The fraction of sp³-hybridized carbons (Fsp3) is 0.632. The summed E-state index contributed by atoms with van der Waals surface area (Å²) >= 11 is 0. The number of guanidine groups is 1. The number of likely N-dealkylation sites (tertiary alicyclic amines) is 1. The van der Waals surface area contributed by atoms with Gasteiger partial charge in [0.2, 0.25) is 0 Å². The third kappa shape index (κ3) is 4.63. The minimum atomic E-state index is 0.190. The molecule has 0 aliphatic carbocycles. The van der Waals surface area contributed by atoms with Crippen LogP contribution in [0.4, 0.5) is 0 Å².